The van der Waals surface area contributed by atoms with E-state index in [4.69, 9.17) is 10.5 Å². The van der Waals surface area contributed by atoms with E-state index >= 15 is 0 Å². The van der Waals surface area contributed by atoms with Crippen molar-refractivity contribution in [3.8, 4) is 0 Å². The normalized spacial score (nSPS) is 23.0. The molecular formula is C23H35N7O3. The molecule has 2 saturated carbocycles. The number of carbonyl (C=O) groups is 1. The highest BCUT2D eigenvalue weighted by molar-refractivity contribution is 6.03. The van der Waals surface area contributed by atoms with Crippen molar-refractivity contribution in [1.29, 1.82) is 5.41 Å². The topological polar surface area (TPSA) is 149 Å². The van der Waals surface area contributed by atoms with E-state index in [1.165, 1.54) is 19.3 Å². The van der Waals surface area contributed by atoms with Crippen molar-refractivity contribution >= 4 is 28.9 Å². The Kier molecular flexibility index (Phi) is 6.83. The van der Waals surface area contributed by atoms with Crippen LogP contribution in [0.3, 0.4) is 0 Å². The first-order valence-corrected chi connectivity index (χ1v) is 12.0. The number of aliphatic hydroxyl groups excluding tert-OH is 1. The minimum atomic E-state index is -1.34. The first-order chi connectivity index (χ1) is 15.7. The number of nitrogens with one attached hydrogen (secondary N) is 3. The molecule has 2 heterocycles. The molecule has 2 aromatic rings. The number of fused-ring (bicyclic) bond motifs is 1. The van der Waals surface area contributed by atoms with Crippen molar-refractivity contribution in [2.45, 2.75) is 84.4 Å². The summed E-state index contributed by atoms with van der Waals surface area (Å²) in [4.78, 5) is 24.6. The van der Waals surface area contributed by atoms with Crippen LogP contribution < -0.4 is 10.6 Å². The quantitative estimate of drug-likeness (QED) is 0.313. The van der Waals surface area contributed by atoms with Crippen LogP contribution in [0, 0.1) is 23.2 Å². The average Bonchev–Trinajstić information content (AvgIpc) is 3.06. The van der Waals surface area contributed by atoms with E-state index in [1.54, 1.807) is 6.92 Å². The molecule has 0 saturated heterocycles. The molecule has 4 rings (SSSR count). The lowest BCUT2D eigenvalue weighted by molar-refractivity contribution is 0.179. The van der Waals surface area contributed by atoms with Gasteiger partial charge in [-0.05, 0) is 57.3 Å². The second kappa shape index (κ2) is 9.62. The number of anilines is 1. The molecule has 2 aliphatic rings. The predicted molar refractivity (Wildman–Crippen MR) is 125 cm³/mol. The number of carboxylic acid groups (broad SMARTS) is 1. The lowest BCUT2D eigenvalue weighted by atomic mass is 9.80. The van der Waals surface area contributed by atoms with Crippen LogP contribution in [0.4, 0.5) is 10.6 Å². The van der Waals surface area contributed by atoms with E-state index < -0.39 is 18.0 Å². The Hall–Kier alpha value is -2.75. The van der Waals surface area contributed by atoms with Gasteiger partial charge in [0.15, 0.2) is 23.1 Å². The molecule has 10 nitrogen and oxygen atoms in total. The number of aliphatic hydroxyl groups is 1. The molecular weight excluding hydrogens is 422 g/mol. The van der Waals surface area contributed by atoms with Crippen molar-refractivity contribution in [3.05, 3.63) is 11.6 Å². The van der Waals surface area contributed by atoms with E-state index in [-0.39, 0.29) is 11.9 Å². The molecule has 33 heavy (non-hydrogen) atoms. The van der Waals surface area contributed by atoms with Gasteiger partial charge in [0, 0.05) is 12.6 Å². The highest BCUT2D eigenvalue weighted by atomic mass is 16.4. The van der Waals surface area contributed by atoms with Gasteiger partial charge in [-0.25, -0.2) is 19.7 Å². The zero-order valence-electron chi connectivity index (χ0n) is 19.6. The molecule has 0 aromatic carbocycles. The van der Waals surface area contributed by atoms with Crippen LogP contribution in [0.15, 0.2) is 0 Å². The van der Waals surface area contributed by atoms with Gasteiger partial charge < -0.3 is 20.1 Å². The van der Waals surface area contributed by atoms with E-state index in [0.717, 1.165) is 38.1 Å². The third kappa shape index (κ3) is 5.10. The number of imidazole rings is 1. The van der Waals surface area contributed by atoms with Crippen molar-refractivity contribution in [2.75, 3.05) is 5.32 Å². The monoisotopic (exact) mass is 457 g/mol. The van der Waals surface area contributed by atoms with Gasteiger partial charge in [0.05, 0.1) is 0 Å². The van der Waals surface area contributed by atoms with Crippen molar-refractivity contribution in [3.63, 3.8) is 0 Å². The summed E-state index contributed by atoms with van der Waals surface area (Å²) < 4.78 is 2.04. The second-order valence-electron chi connectivity index (χ2n) is 9.88. The maximum Gasteiger partial charge on any atom is 0.410 e. The van der Waals surface area contributed by atoms with Gasteiger partial charge in [0.2, 0.25) is 0 Å². The van der Waals surface area contributed by atoms with Crippen molar-refractivity contribution in [2.24, 2.45) is 17.8 Å². The van der Waals surface area contributed by atoms with E-state index in [2.05, 4.69) is 34.1 Å². The van der Waals surface area contributed by atoms with Gasteiger partial charge in [0.25, 0.3) is 0 Å². The Balaban J connectivity index is 1.77. The SMILES string of the molecule is CC(O)c1nc2nc(C(=N)NC(=O)O)nc(N[C@H](C)C3CCC3)c2n1C[C@H]1CC[C@H](C)CC1. The molecule has 0 aliphatic heterocycles. The summed E-state index contributed by atoms with van der Waals surface area (Å²) >= 11 is 0. The van der Waals surface area contributed by atoms with Crippen LogP contribution in [0.25, 0.3) is 11.2 Å². The van der Waals surface area contributed by atoms with E-state index in [0.29, 0.717) is 34.6 Å². The number of aromatic nitrogens is 4. The average molecular weight is 458 g/mol. The standard InChI is InChI=1S/C23H35N7O3/c1-12-7-9-15(10-8-12)11-30-17-19(25-13(2)16-5-4-6-16)27-21(18(24)26-23(32)33)28-20(17)29-22(30)14(3)31/h12-16,31H,4-11H2,1-3H3,(H2,24,26)(H,32,33)(H,25,27,28)/t12-,13-,14?,15-/m1/s1. The molecule has 1 amide bonds. The molecule has 2 aromatic heterocycles. The van der Waals surface area contributed by atoms with Gasteiger partial charge >= 0.3 is 6.09 Å². The Morgan fingerprint density at radius 3 is 2.42 bits per heavy atom. The van der Waals surface area contributed by atoms with Gasteiger partial charge in [-0.1, -0.05) is 26.2 Å². The number of hydrogen-bond acceptors (Lipinski definition) is 7. The van der Waals surface area contributed by atoms with E-state index in [1.807, 2.05) is 9.88 Å². The Morgan fingerprint density at radius 2 is 1.85 bits per heavy atom. The molecule has 5 N–H and O–H groups in total. The molecule has 1 unspecified atom stereocenters. The molecule has 2 fully saturated rings. The second-order valence-corrected chi connectivity index (χ2v) is 9.88. The summed E-state index contributed by atoms with van der Waals surface area (Å²) in [5, 5.41) is 33.2. The minimum absolute atomic E-state index is 0.0403. The molecule has 2 aliphatic carbocycles. The lowest BCUT2D eigenvalue weighted by Gasteiger charge is -2.32. The maximum atomic E-state index is 11.1. The smallest absolute Gasteiger partial charge is 0.410 e. The number of rotatable bonds is 7. The zero-order chi connectivity index (χ0) is 23.7. The van der Waals surface area contributed by atoms with Gasteiger partial charge in [-0.15, -0.1) is 0 Å². The number of nitrogens with zero attached hydrogens (tertiary/aromatic N) is 4. The number of hydrogen-bond donors (Lipinski definition) is 5. The third-order valence-electron chi connectivity index (χ3n) is 7.26. The van der Waals surface area contributed by atoms with Crippen LogP contribution in [0.1, 0.15) is 83.5 Å². The maximum absolute atomic E-state index is 11.1. The van der Waals surface area contributed by atoms with Crippen LogP contribution in [0.5, 0.6) is 0 Å². The van der Waals surface area contributed by atoms with Crippen LogP contribution in [0.2, 0.25) is 0 Å². The lowest BCUT2D eigenvalue weighted by Crippen LogP contribution is -2.33. The first kappa shape index (κ1) is 23.4. The summed E-state index contributed by atoms with van der Waals surface area (Å²) in [5.74, 6) is 2.39. The van der Waals surface area contributed by atoms with Crippen molar-refractivity contribution in [1.82, 2.24) is 24.8 Å². The molecule has 180 valence electrons. The molecule has 0 bridgehead atoms. The van der Waals surface area contributed by atoms with Crippen LogP contribution >= 0.6 is 0 Å². The minimum Gasteiger partial charge on any atom is -0.465 e. The molecule has 2 atom stereocenters. The fourth-order valence-corrected chi connectivity index (χ4v) is 4.98. The van der Waals surface area contributed by atoms with Crippen LogP contribution in [-0.2, 0) is 6.54 Å². The van der Waals surface area contributed by atoms with Crippen molar-refractivity contribution < 1.29 is 15.0 Å². The molecule has 0 radical (unpaired) electrons. The summed E-state index contributed by atoms with van der Waals surface area (Å²) in [6.45, 7) is 6.83. The van der Waals surface area contributed by atoms with Gasteiger partial charge in [-0.2, -0.15) is 0 Å². The highest BCUT2D eigenvalue weighted by Crippen LogP contribution is 2.35. The van der Waals surface area contributed by atoms with E-state index in [9.17, 15) is 9.90 Å². The molecule has 0 spiro atoms. The fourth-order valence-electron chi connectivity index (χ4n) is 4.98. The Labute approximate surface area is 193 Å². The predicted octanol–water partition coefficient (Wildman–Crippen LogP) is 3.90. The Morgan fingerprint density at radius 1 is 1.15 bits per heavy atom. The van der Waals surface area contributed by atoms with Crippen LogP contribution in [-0.4, -0.2) is 47.7 Å². The number of amidine groups is 1. The summed E-state index contributed by atoms with van der Waals surface area (Å²) in [7, 11) is 0. The Bertz CT molecular complexity index is 1020. The van der Waals surface area contributed by atoms with Gasteiger partial charge in [-0.3, -0.25) is 10.7 Å². The third-order valence-corrected chi connectivity index (χ3v) is 7.26. The summed E-state index contributed by atoms with van der Waals surface area (Å²) in [5.41, 5.74) is 1.07. The largest absolute Gasteiger partial charge is 0.465 e. The summed E-state index contributed by atoms with van der Waals surface area (Å²) in [6.07, 6.45) is 6.06. The molecule has 10 heteroatoms. The fraction of sp³-hybridized carbons (Fsp3) is 0.696. The highest BCUT2D eigenvalue weighted by Gasteiger charge is 2.29. The zero-order valence-corrected chi connectivity index (χ0v) is 19.6. The number of amides is 1. The first-order valence-electron chi connectivity index (χ1n) is 12.0. The summed E-state index contributed by atoms with van der Waals surface area (Å²) in [6, 6.07) is 0.167. The van der Waals surface area contributed by atoms with Gasteiger partial charge in [0.1, 0.15) is 17.4 Å².